The molecule has 37 heavy (non-hydrogen) atoms. The van der Waals surface area contributed by atoms with Crippen molar-refractivity contribution in [3.05, 3.63) is 89.0 Å². The molecule has 0 aromatic heterocycles. The standard InChI is InChI=1S/C31H35NO4S/c1-3-34-30(33)21-36-29-14-12-27(17-23(29)2)37-32-19-25-18-26(35-20-24-9-5-4-6-10-24)11-13-28(25)31(22-32)15-7-8-16-31/h4-6,9-14,17-18H,3,7-8,15-16,19-22H2,1-2H3. The third-order valence-corrected chi connectivity index (χ3v) is 8.30. The molecule has 2 aliphatic rings. The maximum atomic E-state index is 11.7. The Bertz CT molecular complexity index is 1220. The third kappa shape index (κ3) is 6.13. The Morgan fingerprint density at radius 3 is 2.57 bits per heavy atom. The van der Waals surface area contributed by atoms with Gasteiger partial charge in [0.1, 0.15) is 18.1 Å². The normalized spacial score (nSPS) is 16.4. The lowest BCUT2D eigenvalue weighted by Crippen LogP contribution is -2.41. The van der Waals surface area contributed by atoms with Crippen LogP contribution in [0.4, 0.5) is 0 Å². The van der Waals surface area contributed by atoms with Gasteiger partial charge in [0.05, 0.1) is 6.61 Å². The Labute approximate surface area is 224 Å². The lowest BCUT2D eigenvalue weighted by atomic mass is 9.74. The highest BCUT2D eigenvalue weighted by molar-refractivity contribution is 7.97. The molecular weight excluding hydrogens is 482 g/mol. The van der Waals surface area contributed by atoms with Gasteiger partial charge in [-0.1, -0.05) is 49.2 Å². The van der Waals surface area contributed by atoms with Crippen LogP contribution in [0.2, 0.25) is 0 Å². The van der Waals surface area contributed by atoms with E-state index in [1.54, 1.807) is 18.9 Å². The van der Waals surface area contributed by atoms with Crippen LogP contribution in [0, 0.1) is 6.92 Å². The monoisotopic (exact) mass is 517 g/mol. The molecule has 3 aromatic carbocycles. The fourth-order valence-electron chi connectivity index (χ4n) is 5.59. The number of nitrogens with zero attached hydrogens (tertiary/aromatic N) is 1. The number of ether oxygens (including phenoxy) is 3. The summed E-state index contributed by atoms with van der Waals surface area (Å²) in [7, 11) is 0. The number of rotatable bonds is 9. The van der Waals surface area contributed by atoms with Gasteiger partial charge in [-0.25, -0.2) is 9.10 Å². The quantitative estimate of drug-likeness (QED) is 0.229. The van der Waals surface area contributed by atoms with E-state index < -0.39 is 0 Å². The van der Waals surface area contributed by atoms with Crippen LogP contribution >= 0.6 is 11.9 Å². The van der Waals surface area contributed by atoms with Crippen molar-refractivity contribution in [2.45, 2.75) is 63.0 Å². The van der Waals surface area contributed by atoms with Crippen LogP contribution in [0.3, 0.4) is 0 Å². The van der Waals surface area contributed by atoms with Crippen molar-refractivity contribution in [1.82, 2.24) is 4.31 Å². The van der Waals surface area contributed by atoms with Crippen molar-refractivity contribution in [3.63, 3.8) is 0 Å². The molecule has 1 fully saturated rings. The minimum Gasteiger partial charge on any atom is -0.489 e. The van der Waals surface area contributed by atoms with E-state index in [2.05, 4.69) is 46.8 Å². The Hall–Kier alpha value is -2.96. The fraction of sp³-hybridized carbons (Fsp3) is 0.387. The van der Waals surface area contributed by atoms with Crippen molar-refractivity contribution >= 4 is 17.9 Å². The number of hydrogen-bond acceptors (Lipinski definition) is 6. The van der Waals surface area contributed by atoms with Gasteiger partial charge in [0, 0.05) is 23.4 Å². The summed E-state index contributed by atoms with van der Waals surface area (Å²) in [6.45, 7) is 6.61. The summed E-state index contributed by atoms with van der Waals surface area (Å²) in [5, 5.41) is 0. The van der Waals surface area contributed by atoms with Crippen LogP contribution < -0.4 is 9.47 Å². The predicted octanol–water partition coefficient (Wildman–Crippen LogP) is 6.85. The zero-order valence-electron chi connectivity index (χ0n) is 21.7. The molecule has 0 bridgehead atoms. The van der Waals surface area contributed by atoms with Crippen LogP contribution in [0.15, 0.2) is 71.6 Å². The zero-order valence-corrected chi connectivity index (χ0v) is 22.5. The Morgan fingerprint density at radius 1 is 1.00 bits per heavy atom. The molecule has 0 atom stereocenters. The van der Waals surface area contributed by atoms with E-state index in [0.717, 1.165) is 24.4 Å². The van der Waals surface area contributed by atoms with E-state index in [1.165, 1.54) is 47.3 Å². The highest BCUT2D eigenvalue weighted by atomic mass is 32.2. The summed E-state index contributed by atoms with van der Waals surface area (Å²) in [6.07, 6.45) is 5.05. The topological polar surface area (TPSA) is 48.0 Å². The number of hydrogen-bond donors (Lipinski definition) is 0. The fourth-order valence-corrected chi connectivity index (χ4v) is 6.76. The molecule has 0 unspecified atom stereocenters. The summed E-state index contributed by atoms with van der Waals surface area (Å²) in [6, 6.07) is 23.2. The lowest BCUT2D eigenvalue weighted by Gasteiger charge is -2.41. The molecule has 1 aliphatic heterocycles. The molecule has 0 amide bonds. The Kier molecular flexibility index (Phi) is 8.06. The lowest BCUT2D eigenvalue weighted by molar-refractivity contribution is -0.145. The average molecular weight is 518 g/mol. The molecule has 1 heterocycles. The molecule has 0 radical (unpaired) electrons. The van der Waals surface area contributed by atoms with E-state index in [-0.39, 0.29) is 18.0 Å². The number of aryl methyl sites for hydroxylation is 1. The number of fused-ring (bicyclic) bond motifs is 2. The number of benzene rings is 3. The highest BCUT2D eigenvalue weighted by Gasteiger charge is 2.42. The van der Waals surface area contributed by atoms with E-state index >= 15 is 0 Å². The van der Waals surface area contributed by atoms with Crippen LogP contribution in [0.25, 0.3) is 0 Å². The molecule has 5 nitrogen and oxygen atoms in total. The van der Waals surface area contributed by atoms with Gasteiger partial charge >= 0.3 is 5.97 Å². The summed E-state index contributed by atoms with van der Waals surface area (Å²) in [5.41, 5.74) is 5.29. The van der Waals surface area contributed by atoms with Gasteiger partial charge in [-0.15, -0.1) is 0 Å². The van der Waals surface area contributed by atoms with E-state index in [1.807, 2.05) is 31.2 Å². The second-order valence-electron chi connectivity index (χ2n) is 9.99. The van der Waals surface area contributed by atoms with Crippen LogP contribution in [0.1, 0.15) is 54.9 Å². The number of esters is 1. The smallest absolute Gasteiger partial charge is 0.344 e. The molecule has 5 rings (SSSR count). The molecular formula is C31H35NO4S. The van der Waals surface area contributed by atoms with Crippen LogP contribution in [-0.2, 0) is 28.1 Å². The first kappa shape index (κ1) is 25.7. The van der Waals surface area contributed by atoms with Gasteiger partial charge in [0.2, 0.25) is 0 Å². The summed E-state index contributed by atoms with van der Waals surface area (Å²) in [5.74, 6) is 1.30. The predicted molar refractivity (Wildman–Crippen MR) is 147 cm³/mol. The molecule has 1 aliphatic carbocycles. The number of carbonyl (C=O) groups is 1. The average Bonchev–Trinajstić information content (AvgIpc) is 3.36. The Morgan fingerprint density at radius 2 is 1.81 bits per heavy atom. The van der Waals surface area contributed by atoms with E-state index in [0.29, 0.717) is 19.0 Å². The van der Waals surface area contributed by atoms with Gasteiger partial charge in [-0.2, -0.15) is 0 Å². The molecule has 3 aromatic rings. The van der Waals surface area contributed by atoms with Crippen molar-refractivity contribution in [2.75, 3.05) is 19.8 Å². The molecule has 194 valence electrons. The molecule has 0 saturated heterocycles. The molecule has 1 saturated carbocycles. The molecule has 6 heteroatoms. The first-order chi connectivity index (χ1) is 18.0. The van der Waals surface area contributed by atoms with Crippen LogP contribution in [0.5, 0.6) is 11.5 Å². The first-order valence-electron chi connectivity index (χ1n) is 13.2. The van der Waals surface area contributed by atoms with Gasteiger partial charge in [0.15, 0.2) is 6.61 Å². The molecule has 0 N–H and O–H groups in total. The first-order valence-corrected chi connectivity index (χ1v) is 13.9. The van der Waals surface area contributed by atoms with Crippen molar-refractivity contribution in [1.29, 1.82) is 0 Å². The van der Waals surface area contributed by atoms with Crippen molar-refractivity contribution < 1.29 is 19.0 Å². The van der Waals surface area contributed by atoms with E-state index in [4.69, 9.17) is 14.2 Å². The zero-order chi connectivity index (χ0) is 25.7. The second-order valence-corrected chi connectivity index (χ2v) is 11.2. The van der Waals surface area contributed by atoms with Crippen molar-refractivity contribution in [2.24, 2.45) is 0 Å². The largest absolute Gasteiger partial charge is 0.489 e. The van der Waals surface area contributed by atoms with Crippen molar-refractivity contribution in [3.8, 4) is 11.5 Å². The molecule has 1 spiro atoms. The van der Waals surface area contributed by atoms with Gasteiger partial charge < -0.3 is 14.2 Å². The maximum Gasteiger partial charge on any atom is 0.344 e. The minimum atomic E-state index is -0.346. The minimum absolute atomic E-state index is 0.0682. The van der Waals surface area contributed by atoms with Gasteiger partial charge in [0.25, 0.3) is 0 Å². The summed E-state index contributed by atoms with van der Waals surface area (Å²) >= 11 is 1.81. The Balaban J connectivity index is 1.30. The van der Waals surface area contributed by atoms with Crippen LogP contribution in [-0.4, -0.2) is 30.0 Å². The summed E-state index contributed by atoms with van der Waals surface area (Å²) < 4.78 is 19.3. The van der Waals surface area contributed by atoms with Gasteiger partial charge in [-0.3, -0.25) is 0 Å². The SMILES string of the molecule is CCOC(=O)COc1ccc(SN2Cc3cc(OCc4ccccc4)ccc3C3(CCCC3)C2)cc1C. The second kappa shape index (κ2) is 11.6. The highest BCUT2D eigenvalue weighted by Crippen LogP contribution is 2.48. The van der Waals surface area contributed by atoms with E-state index in [9.17, 15) is 4.79 Å². The summed E-state index contributed by atoms with van der Waals surface area (Å²) in [4.78, 5) is 12.8. The number of carbonyl (C=O) groups excluding carboxylic acids is 1. The third-order valence-electron chi connectivity index (χ3n) is 7.31. The van der Waals surface area contributed by atoms with Gasteiger partial charge in [-0.05, 0) is 91.2 Å². The maximum absolute atomic E-state index is 11.7.